The van der Waals surface area contributed by atoms with Crippen molar-refractivity contribution in [1.29, 1.82) is 0 Å². The molecule has 2 rings (SSSR count). The Hall–Kier alpha value is -2.89. The molecule has 0 atom stereocenters. The van der Waals surface area contributed by atoms with Crippen molar-refractivity contribution in [2.24, 2.45) is 0 Å². The van der Waals surface area contributed by atoms with Gasteiger partial charge in [0.15, 0.2) is 6.61 Å². The van der Waals surface area contributed by atoms with Crippen molar-refractivity contribution >= 4 is 11.8 Å². The van der Waals surface area contributed by atoms with Crippen molar-refractivity contribution in [3.63, 3.8) is 0 Å². The number of carbonyl (C=O) groups excluding carboxylic acids is 2. The fourth-order valence-corrected chi connectivity index (χ4v) is 2.36. The van der Waals surface area contributed by atoms with Crippen LogP contribution < -0.4 is 15.4 Å². The molecule has 6 heteroatoms. The van der Waals surface area contributed by atoms with E-state index >= 15 is 0 Å². The number of aryl methyl sites for hydroxylation is 1. The average molecular weight is 355 g/mol. The van der Waals surface area contributed by atoms with E-state index < -0.39 is 0 Å². The van der Waals surface area contributed by atoms with Crippen LogP contribution in [0.15, 0.2) is 48.8 Å². The molecule has 26 heavy (non-hydrogen) atoms. The Labute approximate surface area is 154 Å². The third-order valence-corrected chi connectivity index (χ3v) is 3.72. The number of nitrogens with zero attached hydrogens (tertiary/aromatic N) is 1. The second-order valence-electron chi connectivity index (χ2n) is 5.88. The zero-order valence-corrected chi connectivity index (χ0v) is 15.0. The lowest BCUT2D eigenvalue weighted by atomic mass is 10.1. The van der Waals surface area contributed by atoms with Gasteiger partial charge in [-0.3, -0.25) is 14.6 Å². The van der Waals surface area contributed by atoms with Crippen molar-refractivity contribution in [3.8, 4) is 5.75 Å². The monoisotopic (exact) mass is 355 g/mol. The Kier molecular flexibility index (Phi) is 8.12. The van der Waals surface area contributed by atoms with Gasteiger partial charge in [-0.25, -0.2) is 0 Å². The molecule has 0 saturated carbocycles. The Morgan fingerprint density at radius 2 is 1.85 bits per heavy atom. The smallest absolute Gasteiger partial charge is 0.257 e. The van der Waals surface area contributed by atoms with E-state index in [9.17, 15) is 9.59 Å². The van der Waals surface area contributed by atoms with Gasteiger partial charge in [-0.15, -0.1) is 0 Å². The van der Waals surface area contributed by atoms with Crippen LogP contribution in [0.4, 0.5) is 0 Å². The molecule has 2 amide bonds. The summed E-state index contributed by atoms with van der Waals surface area (Å²) in [6.45, 7) is 3.08. The molecule has 0 bridgehead atoms. The molecule has 0 unspecified atom stereocenters. The second kappa shape index (κ2) is 10.9. The third kappa shape index (κ3) is 6.93. The largest absolute Gasteiger partial charge is 0.484 e. The van der Waals surface area contributed by atoms with Gasteiger partial charge in [0.1, 0.15) is 5.75 Å². The number of hydrogen-bond donors (Lipinski definition) is 2. The fraction of sp³-hybridized carbons (Fsp3) is 0.350. The average Bonchev–Trinajstić information content (AvgIpc) is 2.68. The maximum atomic E-state index is 11.8. The number of carbonyl (C=O) groups is 2. The molecule has 6 nitrogen and oxygen atoms in total. The van der Waals surface area contributed by atoms with Crippen LogP contribution in [-0.4, -0.2) is 36.5 Å². The number of hydrogen-bond acceptors (Lipinski definition) is 4. The molecule has 1 heterocycles. The number of amides is 2. The highest BCUT2D eigenvalue weighted by Crippen LogP contribution is 2.13. The van der Waals surface area contributed by atoms with Crippen LogP contribution in [0.1, 0.15) is 35.7 Å². The number of nitrogens with one attached hydrogen (secondary N) is 2. The zero-order chi connectivity index (χ0) is 18.6. The van der Waals surface area contributed by atoms with Gasteiger partial charge in [0.2, 0.25) is 0 Å². The Bertz CT molecular complexity index is 687. The molecule has 0 radical (unpaired) electrons. The lowest BCUT2D eigenvalue weighted by Gasteiger charge is -2.09. The Morgan fingerprint density at radius 3 is 2.54 bits per heavy atom. The Balaban J connectivity index is 1.56. The predicted octanol–water partition coefficient (Wildman–Crippen LogP) is 2.35. The van der Waals surface area contributed by atoms with Gasteiger partial charge < -0.3 is 15.4 Å². The highest BCUT2D eigenvalue weighted by atomic mass is 16.5. The first-order valence-corrected chi connectivity index (χ1v) is 8.85. The molecule has 0 saturated heterocycles. The molecule has 0 aliphatic carbocycles. The Morgan fingerprint density at radius 1 is 1.08 bits per heavy atom. The molecule has 0 aliphatic rings. The van der Waals surface area contributed by atoms with E-state index in [1.165, 1.54) is 11.8 Å². The molecule has 1 aromatic heterocycles. The second-order valence-corrected chi connectivity index (χ2v) is 5.88. The first kappa shape index (κ1) is 19.4. The maximum absolute atomic E-state index is 11.8. The maximum Gasteiger partial charge on any atom is 0.257 e. The summed E-state index contributed by atoms with van der Waals surface area (Å²) in [7, 11) is 0. The van der Waals surface area contributed by atoms with Crippen molar-refractivity contribution in [3.05, 3.63) is 59.9 Å². The predicted molar refractivity (Wildman–Crippen MR) is 100 cm³/mol. The van der Waals surface area contributed by atoms with Crippen LogP contribution in [0.2, 0.25) is 0 Å². The molecular weight excluding hydrogens is 330 g/mol. The third-order valence-electron chi connectivity index (χ3n) is 3.72. The SMILES string of the molecule is CCCc1ccc(OCC(=O)NCCCNC(=O)c2cccnc2)cc1. The number of benzene rings is 1. The molecule has 2 aromatic rings. The summed E-state index contributed by atoms with van der Waals surface area (Å²) in [4.78, 5) is 27.5. The molecule has 138 valence electrons. The van der Waals surface area contributed by atoms with E-state index in [-0.39, 0.29) is 18.4 Å². The summed E-state index contributed by atoms with van der Waals surface area (Å²) < 4.78 is 5.47. The quantitative estimate of drug-likeness (QED) is 0.641. The first-order chi connectivity index (χ1) is 12.7. The van der Waals surface area contributed by atoms with E-state index in [4.69, 9.17) is 4.74 Å². The summed E-state index contributed by atoms with van der Waals surface area (Å²) in [5.74, 6) is 0.337. The van der Waals surface area contributed by atoms with Gasteiger partial charge in [0.05, 0.1) is 5.56 Å². The lowest BCUT2D eigenvalue weighted by Crippen LogP contribution is -2.32. The van der Waals surface area contributed by atoms with Gasteiger partial charge >= 0.3 is 0 Å². The summed E-state index contributed by atoms with van der Waals surface area (Å²) in [5, 5.41) is 5.56. The lowest BCUT2D eigenvalue weighted by molar-refractivity contribution is -0.123. The van der Waals surface area contributed by atoms with Crippen LogP contribution >= 0.6 is 0 Å². The standard InChI is InChI=1S/C20H25N3O3/c1-2-5-16-7-9-18(10-8-16)26-15-19(24)22-12-4-13-23-20(25)17-6-3-11-21-14-17/h3,6-11,14H,2,4-5,12-13,15H2,1H3,(H,22,24)(H,23,25). The molecule has 0 aliphatic heterocycles. The minimum absolute atomic E-state index is 0.0187. The summed E-state index contributed by atoms with van der Waals surface area (Å²) >= 11 is 0. The molecule has 2 N–H and O–H groups in total. The van der Waals surface area contributed by atoms with Gasteiger partial charge in [-0.2, -0.15) is 0 Å². The summed E-state index contributed by atoms with van der Waals surface area (Å²) in [6.07, 6.45) is 5.92. The van der Waals surface area contributed by atoms with Crippen LogP contribution in [0.3, 0.4) is 0 Å². The first-order valence-electron chi connectivity index (χ1n) is 8.85. The van der Waals surface area contributed by atoms with Gasteiger partial charge in [0.25, 0.3) is 11.8 Å². The van der Waals surface area contributed by atoms with Crippen LogP contribution in [0.5, 0.6) is 5.75 Å². The van der Waals surface area contributed by atoms with Crippen molar-refractivity contribution in [1.82, 2.24) is 15.6 Å². The molecule has 0 spiro atoms. The number of pyridine rings is 1. The van der Waals surface area contributed by atoms with E-state index in [0.29, 0.717) is 30.8 Å². The van der Waals surface area contributed by atoms with Crippen molar-refractivity contribution in [2.75, 3.05) is 19.7 Å². The number of ether oxygens (including phenoxy) is 1. The number of rotatable bonds is 10. The van der Waals surface area contributed by atoms with Crippen molar-refractivity contribution < 1.29 is 14.3 Å². The van der Waals surface area contributed by atoms with Crippen molar-refractivity contribution in [2.45, 2.75) is 26.2 Å². The van der Waals surface area contributed by atoms with E-state index in [2.05, 4.69) is 22.5 Å². The highest BCUT2D eigenvalue weighted by Gasteiger charge is 2.05. The normalized spacial score (nSPS) is 10.2. The van der Waals surface area contributed by atoms with Crippen LogP contribution in [0, 0.1) is 0 Å². The highest BCUT2D eigenvalue weighted by molar-refractivity contribution is 5.93. The fourth-order valence-electron chi connectivity index (χ4n) is 2.36. The van der Waals surface area contributed by atoms with E-state index in [1.54, 1.807) is 18.3 Å². The van der Waals surface area contributed by atoms with E-state index in [0.717, 1.165) is 12.8 Å². The van der Waals surface area contributed by atoms with E-state index in [1.807, 2.05) is 24.3 Å². The van der Waals surface area contributed by atoms with Crippen LogP contribution in [-0.2, 0) is 11.2 Å². The topological polar surface area (TPSA) is 80.3 Å². The minimum Gasteiger partial charge on any atom is -0.484 e. The van der Waals surface area contributed by atoms with Crippen LogP contribution in [0.25, 0.3) is 0 Å². The minimum atomic E-state index is -0.179. The van der Waals surface area contributed by atoms with Gasteiger partial charge in [-0.1, -0.05) is 25.5 Å². The molecule has 0 fully saturated rings. The zero-order valence-electron chi connectivity index (χ0n) is 15.0. The molecular formula is C20H25N3O3. The summed E-state index contributed by atoms with van der Waals surface area (Å²) in [5.41, 5.74) is 1.78. The van der Waals surface area contributed by atoms with Gasteiger partial charge in [-0.05, 0) is 42.7 Å². The summed E-state index contributed by atoms with van der Waals surface area (Å²) in [6, 6.07) is 11.2. The molecule has 1 aromatic carbocycles. The van der Waals surface area contributed by atoms with Gasteiger partial charge in [0, 0.05) is 25.5 Å². The number of aromatic nitrogens is 1.